The van der Waals surface area contributed by atoms with Crippen LogP contribution in [0.4, 0.5) is 25.3 Å². The largest absolute Gasteiger partial charge is 0.497 e. The van der Waals surface area contributed by atoms with Crippen LogP contribution in [0.15, 0.2) is 53.4 Å². The summed E-state index contributed by atoms with van der Waals surface area (Å²) in [5.74, 6) is -2.38. The molecule has 162 valence electrons. The van der Waals surface area contributed by atoms with Crippen molar-refractivity contribution in [1.29, 1.82) is 5.26 Å². The molecule has 1 heterocycles. The predicted octanol–water partition coefficient (Wildman–Crippen LogP) is 4.66. The molecule has 3 aromatic rings. The number of halogens is 2. The normalized spacial score (nSPS) is 10.9. The lowest BCUT2D eigenvalue weighted by Gasteiger charge is -2.18. The standard InChI is InChI=1S/C22H16F2N4O3S/c1-13(29)28(20-7-6-15(23)9-19(20)24)22-27-17(12-32-22)8-14(11-25)21(30)26-16-4-3-5-18(10-16)31-2/h3-10,12H,1-2H3,(H,26,30)/b14-8+. The molecule has 0 aliphatic carbocycles. The SMILES string of the molecule is COc1cccc(NC(=O)/C(C#N)=C/c2csc(N(C(C)=O)c3ccc(F)cc3F)n2)c1. The van der Waals surface area contributed by atoms with E-state index in [4.69, 9.17) is 4.74 Å². The molecule has 32 heavy (non-hydrogen) atoms. The van der Waals surface area contributed by atoms with Crippen LogP contribution in [0.2, 0.25) is 0 Å². The van der Waals surface area contributed by atoms with Gasteiger partial charge in [-0.2, -0.15) is 5.26 Å². The Morgan fingerprint density at radius 3 is 2.69 bits per heavy atom. The number of hydrogen-bond acceptors (Lipinski definition) is 6. The summed E-state index contributed by atoms with van der Waals surface area (Å²) in [6, 6.07) is 11.2. The third kappa shape index (κ3) is 5.14. The van der Waals surface area contributed by atoms with E-state index in [2.05, 4.69) is 10.3 Å². The van der Waals surface area contributed by atoms with E-state index >= 15 is 0 Å². The van der Waals surface area contributed by atoms with Gasteiger partial charge < -0.3 is 10.1 Å². The first kappa shape index (κ1) is 22.6. The fraction of sp³-hybridized carbons (Fsp3) is 0.0909. The molecule has 0 unspecified atom stereocenters. The van der Waals surface area contributed by atoms with Crippen LogP contribution in [0.3, 0.4) is 0 Å². The minimum absolute atomic E-state index is 0.0970. The number of benzene rings is 2. The van der Waals surface area contributed by atoms with E-state index < -0.39 is 23.4 Å². The van der Waals surface area contributed by atoms with E-state index in [-0.39, 0.29) is 22.1 Å². The number of nitrogens with one attached hydrogen (secondary N) is 1. The highest BCUT2D eigenvalue weighted by Crippen LogP contribution is 2.31. The van der Waals surface area contributed by atoms with Crippen molar-refractivity contribution in [3.8, 4) is 11.8 Å². The molecule has 0 fully saturated rings. The molecule has 10 heteroatoms. The Morgan fingerprint density at radius 1 is 1.25 bits per heavy atom. The number of nitriles is 1. The average Bonchev–Trinajstić information content (AvgIpc) is 3.21. The summed E-state index contributed by atoms with van der Waals surface area (Å²) in [4.78, 5) is 29.8. The van der Waals surface area contributed by atoms with Gasteiger partial charge in [0, 0.05) is 30.1 Å². The zero-order valence-corrected chi connectivity index (χ0v) is 17.7. The van der Waals surface area contributed by atoms with Gasteiger partial charge in [-0.05, 0) is 30.3 Å². The maximum atomic E-state index is 14.2. The van der Waals surface area contributed by atoms with Crippen molar-refractivity contribution in [3.05, 3.63) is 70.7 Å². The molecule has 0 saturated heterocycles. The van der Waals surface area contributed by atoms with Crippen LogP contribution in [-0.4, -0.2) is 23.9 Å². The highest BCUT2D eigenvalue weighted by Gasteiger charge is 2.22. The van der Waals surface area contributed by atoms with Crippen LogP contribution in [-0.2, 0) is 9.59 Å². The smallest absolute Gasteiger partial charge is 0.266 e. The Morgan fingerprint density at radius 2 is 2.03 bits per heavy atom. The highest BCUT2D eigenvalue weighted by atomic mass is 32.1. The van der Waals surface area contributed by atoms with E-state index in [9.17, 15) is 23.6 Å². The summed E-state index contributed by atoms with van der Waals surface area (Å²) in [6.45, 7) is 1.21. The van der Waals surface area contributed by atoms with Gasteiger partial charge in [-0.1, -0.05) is 6.07 Å². The number of ether oxygens (including phenoxy) is 1. The molecule has 7 nitrogen and oxygen atoms in total. The minimum atomic E-state index is -0.928. The Kier molecular flexibility index (Phi) is 6.92. The first-order valence-electron chi connectivity index (χ1n) is 9.11. The number of methoxy groups -OCH3 is 1. The highest BCUT2D eigenvalue weighted by molar-refractivity contribution is 7.14. The second-order valence-electron chi connectivity index (χ2n) is 6.36. The van der Waals surface area contributed by atoms with Crippen LogP contribution in [0.1, 0.15) is 12.6 Å². The molecule has 0 saturated carbocycles. The third-order valence-electron chi connectivity index (χ3n) is 4.15. The molecular formula is C22H16F2N4O3S. The lowest BCUT2D eigenvalue weighted by molar-refractivity contribution is -0.116. The van der Waals surface area contributed by atoms with E-state index in [0.717, 1.165) is 28.4 Å². The van der Waals surface area contributed by atoms with E-state index in [1.165, 1.54) is 25.5 Å². The molecule has 2 amide bonds. The number of carbonyl (C=O) groups excluding carboxylic acids is 2. The molecule has 3 rings (SSSR count). The maximum absolute atomic E-state index is 14.2. The van der Waals surface area contributed by atoms with Crippen molar-refractivity contribution in [2.24, 2.45) is 0 Å². The monoisotopic (exact) mass is 454 g/mol. The van der Waals surface area contributed by atoms with Crippen LogP contribution in [0.5, 0.6) is 5.75 Å². The van der Waals surface area contributed by atoms with Gasteiger partial charge in [0.1, 0.15) is 29.0 Å². The second kappa shape index (κ2) is 9.80. The van der Waals surface area contributed by atoms with E-state index in [1.807, 2.05) is 6.07 Å². The molecular weight excluding hydrogens is 438 g/mol. The zero-order chi connectivity index (χ0) is 23.3. The van der Waals surface area contributed by atoms with E-state index in [1.54, 1.807) is 24.3 Å². The molecule has 2 aromatic carbocycles. The Hall–Kier alpha value is -4.10. The summed E-state index contributed by atoms with van der Waals surface area (Å²) in [6.07, 6.45) is 1.24. The van der Waals surface area contributed by atoms with Gasteiger partial charge in [0.05, 0.1) is 18.5 Å². The van der Waals surface area contributed by atoms with Crippen molar-refractivity contribution < 1.29 is 23.1 Å². The average molecular weight is 454 g/mol. The zero-order valence-electron chi connectivity index (χ0n) is 16.9. The van der Waals surface area contributed by atoms with Gasteiger partial charge >= 0.3 is 0 Å². The predicted molar refractivity (Wildman–Crippen MR) is 117 cm³/mol. The van der Waals surface area contributed by atoms with Crippen LogP contribution < -0.4 is 15.0 Å². The number of hydrogen-bond donors (Lipinski definition) is 1. The van der Waals surface area contributed by atoms with Crippen molar-refractivity contribution in [2.45, 2.75) is 6.92 Å². The number of anilines is 3. The number of thiazole rings is 1. The van der Waals surface area contributed by atoms with Gasteiger partial charge in [0.15, 0.2) is 5.13 Å². The Bertz CT molecular complexity index is 1250. The van der Waals surface area contributed by atoms with Crippen molar-refractivity contribution >= 4 is 45.7 Å². The lowest BCUT2D eigenvalue weighted by atomic mass is 10.2. The van der Waals surface area contributed by atoms with Crippen LogP contribution >= 0.6 is 11.3 Å². The van der Waals surface area contributed by atoms with E-state index in [0.29, 0.717) is 17.5 Å². The molecule has 0 atom stereocenters. The Labute approximate surface area is 186 Å². The van der Waals surface area contributed by atoms with Gasteiger partial charge in [-0.3, -0.25) is 14.5 Å². The third-order valence-corrected chi connectivity index (χ3v) is 5.00. The molecule has 0 radical (unpaired) electrons. The molecule has 0 aliphatic rings. The maximum Gasteiger partial charge on any atom is 0.266 e. The van der Waals surface area contributed by atoms with Crippen molar-refractivity contribution in [3.63, 3.8) is 0 Å². The van der Waals surface area contributed by atoms with Crippen molar-refractivity contribution in [2.75, 3.05) is 17.3 Å². The lowest BCUT2D eigenvalue weighted by Crippen LogP contribution is -2.23. The first-order chi connectivity index (χ1) is 15.3. The van der Waals surface area contributed by atoms with Gasteiger partial charge in [-0.25, -0.2) is 13.8 Å². The Balaban J connectivity index is 1.87. The van der Waals surface area contributed by atoms with Crippen LogP contribution in [0.25, 0.3) is 6.08 Å². The molecule has 1 N–H and O–H groups in total. The minimum Gasteiger partial charge on any atom is -0.497 e. The summed E-state index contributed by atoms with van der Waals surface area (Å²) >= 11 is 0.998. The number of rotatable bonds is 6. The fourth-order valence-electron chi connectivity index (χ4n) is 2.71. The first-order valence-corrected chi connectivity index (χ1v) is 9.99. The molecule has 0 bridgehead atoms. The number of nitrogens with zero attached hydrogens (tertiary/aromatic N) is 3. The fourth-order valence-corrected chi connectivity index (χ4v) is 3.55. The summed E-state index contributed by atoms with van der Waals surface area (Å²) in [5, 5.41) is 13.6. The summed E-state index contributed by atoms with van der Waals surface area (Å²) in [5.41, 5.74) is 0.257. The summed E-state index contributed by atoms with van der Waals surface area (Å²) < 4.78 is 32.5. The number of aromatic nitrogens is 1. The molecule has 0 spiro atoms. The number of carbonyl (C=O) groups is 2. The van der Waals surface area contributed by atoms with Gasteiger partial charge in [-0.15, -0.1) is 11.3 Å². The quantitative estimate of drug-likeness (QED) is 0.432. The van der Waals surface area contributed by atoms with Gasteiger partial charge in [0.25, 0.3) is 5.91 Å². The molecule has 1 aromatic heterocycles. The van der Waals surface area contributed by atoms with Crippen LogP contribution in [0, 0.1) is 23.0 Å². The topological polar surface area (TPSA) is 95.3 Å². The van der Waals surface area contributed by atoms with Gasteiger partial charge in [0.2, 0.25) is 5.91 Å². The number of amides is 2. The molecule has 0 aliphatic heterocycles. The van der Waals surface area contributed by atoms with Crippen molar-refractivity contribution in [1.82, 2.24) is 4.98 Å². The second-order valence-corrected chi connectivity index (χ2v) is 7.20. The summed E-state index contributed by atoms with van der Waals surface area (Å²) in [7, 11) is 1.49.